The molecule has 0 bridgehead atoms. The monoisotopic (exact) mass is 487 g/mol. The molecule has 2 aliphatic heterocycles. The average Bonchev–Trinajstić information content (AvgIpc) is 3.07. The minimum absolute atomic E-state index is 0.145. The van der Waals surface area contributed by atoms with E-state index in [-0.39, 0.29) is 23.5 Å². The molecule has 3 rings (SSSR count). The summed E-state index contributed by atoms with van der Waals surface area (Å²) in [4.78, 5) is 2.32. The molecule has 188 valence electrons. The zero-order chi connectivity index (χ0) is 25.5. The summed E-state index contributed by atoms with van der Waals surface area (Å²) in [6.45, 7) is 22.8. The number of allylic oxidation sites excluding steroid dienone is 1. The normalized spacial score (nSPS) is 23.5. The molecule has 0 spiro atoms. The molecule has 2 atom stereocenters. The first-order valence-corrected chi connectivity index (χ1v) is 13.9. The molecule has 2 unspecified atom stereocenters. The van der Waals surface area contributed by atoms with Crippen molar-refractivity contribution in [3.63, 3.8) is 0 Å². The molecular weight excluding hydrogens is 445 g/mol. The van der Waals surface area contributed by atoms with E-state index >= 15 is 0 Å². The molecule has 1 aromatic carbocycles. The second-order valence-corrected chi connectivity index (χ2v) is 13.6. The summed E-state index contributed by atoms with van der Waals surface area (Å²) < 4.78 is 24.3. The first-order valence-electron chi connectivity index (χ1n) is 12.3. The van der Waals surface area contributed by atoms with Crippen LogP contribution in [0.3, 0.4) is 0 Å². The van der Waals surface area contributed by atoms with Gasteiger partial charge in [-0.1, -0.05) is 61.1 Å². The van der Waals surface area contributed by atoms with Crippen molar-refractivity contribution < 1.29 is 14.2 Å². The van der Waals surface area contributed by atoms with Crippen molar-refractivity contribution in [2.75, 3.05) is 25.0 Å². The highest BCUT2D eigenvalue weighted by Crippen LogP contribution is 2.52. The molecule has 0 aliphatic carbocycles. The number of rotatable bonds is 7. The molecule has 6 nitrogen and oxygen atoms in total. The maximum Gasteiger partial charge on any atom is 0.348 e. The lowest BCUT2D eigenvalue weighted by Crippen LogP contribution is -2.43. The molecule has 0 aromatic heterocycles. The highest BCUT2D eigenvalue weighted by molar-refractivity contribution is 7.66. The van der Waals surface area contributed by atoms with Crippen LogP contribution in [0.4, 0.5) is 5.69 Å². The summed E-state index contributed by atoms with van der Waals surface area (Å²) >= 11 is 0. The van der Waals surface area contributed by atoms with Gasteiger partial charge in [-0.05, 0) is 60.4 Å². The van der Waals surface area contributed by atoms with Crippen molar-refractivity contribution in [3.8, 4) is 0 Å². The number of anilines is 1. The van der Waals surface area contributed by atoms with Gasteiger partial charge in [0.2, 0.25) is 0 Å². The molecule has 34 heavy (non-hydrogen) atoms. The third kappa shape index (κ3) is 5.50. The molecule has 7 heteroatoms. The van der Waals surface area contributed by atoms with Crippen molar-refractivity contribution in [1.82, 2.24) is 4.90 Å². The topological polar surface area (TPSA) is 74.2 Å². The first-order chi connectivity index (χ1) is 15.7. The molecule has 0 saturated heterocycles. The van der Waals surface area contributed by atoms with E-state index in [1.165, 1.54) is 0 Å². The molecule has 1 aromatic rings. The lowest BCUT2D eigenvalue weighted by atomic mass is 9.84. The second-order valence-electron chi connectivity index (χ2n) is 11.6. The van der Waals surface area contributed by atoms with Gasteiger partial charge in [0.05, 0.1) is 23.6 Å². The van der Waals surface area contributed by atoms with Gasteiger partial charge in [0.15, 0.2) is 0 Å². The fraction of sp³-hybridized carbons (Fsp3) is 0.593. The largest absolute Gasteiger partial charge is 0.510 e. The Morgan fingerprint density at radius 3 is 2.50 bits per heavy atom. The SMILES string of the molecule is C=C(CC)c1ccc2c(c1)NC(C1=C(O)C(C(C)(C)C)N(CCC(C)(C)C)C1)=NP2(=O)OCC. The number of hydrogen-bond donors (Lipinski definition) is 2. The minimum atomic E-state index is -3.49. The summed E-state index contributed by atoms with van der Waals surface area (Å²) in [6, 6.07) is 5.57. The Morgan fingerprint density at radius 2 is 1.94 bits per heavy atom. The van der Waals surface area contributed by atoms with Crippen LogP contribution in [0.1, 0.15) is 73.8 Å². The Hall–Kier alpha value is -1.88. The summed E-state index contributed by atoms with van der Waals surface area (Å²) in [6.07, 6.45) is 1.83. The van der Waals surface area contributed by atoms with Crippen LogP contribution in [0.15, 0.2) is 40.9 Å². The van der Waals surface area contributed by atoms with Gasteiger partial charge in [-0.15, -0.1) is 0 Å². The van der Waals surface area contributed by atoms with Gasteiger partial charge in [-0.2, -0.15) is 4.76 Å². The van der Waals surface area contributed by atoms with Gasteiger partial charge in [-0.25, -0.2) is 0 Å². The third-order valence-electron chi connectivity index (χ3n) is 6.47. The highest BCUT2D eigenvalue weighted by atomic mass is 31.2. The van der Waals surface area contributed by atoms with Crippen LogP contribution in [0.2, 0.25) is 0 Å². The van der Waals surface area contributed by atoms with Crippen LogP contribution in [-0.2, 0) is 9.09 Å². The van der Waals surface area contributed by atoms with Crippen LogP contribution < -0.4 is 10.6 Å². The lowest BCUT2D eigenvalue weighted by molar-refractivity contribution is 0.110. The fourth-order valence-corrected chi connectivity index (χ4v) is 6.38. The number of aliphatic hydroxyl groups excluding tert-OH is 1. The molecule has 0 fully saturated rings. The van der Waals surface area contributed by atoms with E-state index in [4.69, 9.17) is 4.52 Å². The van der Waals surface area contributed by atoms with Crippen LogP contribution in [0, 0.1) is 10.8 Å². The van der Waals surface area contributed by atoms with Crippen molar-refractivity contribution in [1.29, 1.82) is 0 Å². The summed E-state index contributed by atoms with van der Waals surface area (Å²) in [5, 5.41) is 15.4. The number of nitrogens with zero attached hydrogens (tertiary/aromatic N) is 2. The third-order valence-corrected chi connectivity index (χ3v) is 8.54. The van der Waals surface area contributed by atoms with E-state index in [0.717, 1.165) is 30.5 Å². The number of fused-ring (bicyclic) bond motifs is 1. The highest BCUT2D eigenvalue weighted by Gasteiger charge is 2.44. The zero-order valence-electron chi connectivity index (χ0n) is 22.2. The Morgan fingerprint density at radius 1 is 1.26 bits per heavy atom. The summed E-state index contributed by atoms with van der Waals surface area (Å²) in [7, 11) is -3.49. The maximum absolute atomic E-state index is 13.9. The predicted octanol–water partition coefficient (Wildman–Crippen LogP) is 6.77. The number of nitrogens with one attached hydrogen (secondary N) is 1. The van der Waals surface area contributed by atoms with Gasteiger partial charge >= 0.3 is 7.52 Å². The molecule has 2 N–H and O–H groups in total. The van der Waals surface area contributed by atoms with Gasteiger partial charge in [-0.3, -0.25) is 9.46 Å². The Labute approximate surface area is 205 Å². The molecular formula is C27H42N3O3P. The summed E-state index contributed by atoms with van der Waals surface area (Å²) in [5.41, 5.74) is 3.40. The fourth-order valence-electron chi connectivity index (χ4n) is 4.61. The molecule has 0 amide bonds. The quantitative estimate of drug-likeness (QED) is 0.415. The number of amidine groups is 1. The van der Waals surface area contributed by atoms with Crippen LogP contribution in [-0.4, -0.2) is 41.6 Å². The lowest BCUT2D eigenvalue weighted by Gasteiger charge is -2.36. The Bertz CT molecular complexity index is 1060. The van der Waals surface area contributed by atoms with E-state index < -0.39 is 7.52 Å². The molecule has 2 heterocycles. The molecule has 0 radical (unpaired) electrons. The van der Waals surface area contributed by atoms with Crippen molar-refractivity contribution in [2.24, 2.45) is 15.6 Å². The summed E-state index contributed by atoms with van der Waals surface area (Å²) in [5.74, 6) is 0.738. The average molecular weight is 488 g/mol. The smallest absolute Gasteiger partial charge is 0.348 e. The van der Waals surface area contributed by atoms with Crippen molar-refractivity contribution >= 4 is 29.9 Å². The first kappa shape index (κ1) is 26.7. The van der Waals surface area contributed by atoms with Crippen LogP contribution >= 0.6 is 7.52 Å². The van der Waals surface area contributed by atoms with E-state index in [2.05, 4.69) is 70.0 Å². The second kappa shape index (κ2) is 9.64. The minimum Gasteiger partial charge on any atom is -0.510 e. The zero-order valence-corrected chi connectivity index (χ0v) is 23.1. The van der Waals surface area contributed by atoms with E-state index in [1.54, 1.807) is 0 Å². The standard InChI is InChI=1S/C27H42N3O3P/c1-10-18(3)19-12-13-22-21(16-19)28-25(29-34(22,32)33-11-2)20-17-30(15-14-26(4,5)6)24(23(20)31)27(7,8)9/h12-13,16,24,31H,3,10-11,14-15,17H2,1-2,4-9H3,(H,28,29,32). The van der Waals surface area contributed by atoms with E-state index in [1.807, 2.05) is 25.1 Å². The van der Waals surface area contributed by atoms with Crippen LogP contribution in [0.25, 0.3) is 5.57 Å². The number of hydrogen-bond acceptors (Lipinski definition) is 5. The maximum atomic E-state index is 13.9. The van der Waals surface area contributed by atoms with Gasteiger partial charge in [0, 0.05) is 12.1 Å². The van der Waals surface area contributed by atoms with E-state index in [0.29, 0.717) is 34.7 Å². The molecule has 2 aliphatic rings. The van der Waals surface area contributed by atoms with Gasteiger partial charge in [0.1, 0.15) is 11.6 Å². The Balaban J connectivity index is 2.05. The van der Waals surface area contributed by atoms with Crippen LogP contribution in [0.5, 0.6) is 0 Å². The number of benzene rings is 1. The Kier molecular flexibility index (Phi) is 7.58. The predicted molar refractivity (Wildman–Crippen MR) is 144 cm³/mol. The van der Waals surface area contributed by atoms with Gasteiger partial charge < -0.3 is 14.9 Å². The van der Waals surface area contributed by atoms with E-state index in [9.17, 15) is 9.67 Å². The van der Waals surface area contributed by atoms with Crippen molar-refractivity contribution in [3.05, 3.63) is 41.7 Å². The molecule has 0 saturated carbocycles. The van der Waals surface area contributed by atoms with Crippen molar-refractivity contribution in [2.45, 2.75) is 74.3 Å². The van der Waals surface area contributed by atoms with Gasteiger partial charge in [0.25, 0.3) is 0 Å². The number of aliphatic hydroxyl groups is 1.